The van der Waals surface area contributed by atoms with E-state index in [0.29, 0.717) is 5.92 Å². The lowest BCUT2D eigenvalue weighted by atomic mass is 9.98. The summed E-state index contributed by atoms with van der Waals surface area (Å²) in [7, 11) is 1.71. The van der Waals surface area contributed by atoms with Gasteiger partial charge < -0.3 is 4.74 Å². The van der Waals surface area contributed by atoms with E-state index in [9.17, 15) is 0 Å². The Morgan fingerprint density at radius 1 is 1.06 bits per heavy atom. The first-order chi connectivity index (χ1) is 8.22. The molecule has 17 heavy (non-hydrogen) atoms. The molecule has 0 radical (unpaired) electrons. The van der Waals surface area contributed by atoms with Crippen molar-refractivity contribution in [2.24, 2.45) is 0 Å². The summed E-state index contributed by atoms with van der Waals surface area (Å²) in [5, 5.41) is 0. The van der Waals surface area contributed by atoms with Crippen LogP contribution in [0.2, 0.25) is 0 Å². The van der Waals surface area contributed by atoms with Gasteiger partial charge in [0.2, 0.25) is 0 Å². The molecule has 0 atom stereocenters. The third kappa shape index (κ3) is 2.47. The number of hydrogen-bond donors (Lipinski definition) is 0. The maximum absolute atomic E-state index is 5.47. The van der Waals surface area contributed by atoms with Crippen molar-refractivity contribution in [1.29, 1.82) is 0 Å². The Hall–Kier alpha value is -1.83. The molecule has 1 aromatic carbocycles. The molecule has 2 aromatic rings. The minimum Gasteiger partial charge on any atom is -0.496 e. The van der Waals surface area contributed by atoms with Gasteiger partial charge in [0.05, 0.1) is 7.11 Å². The lowest BCUT2D eigenvalue weighted by molar-refractivity contribution is 0.415. The van der Waals surface area contributed by atoms with Crippen LogP contribution in [0.5, 0.6) is 5.75 Å². The summed E-state index contributed by atoms with van der Waals surface area (Å²) in [6, 6.07) is 10.4. The van der Waals surface area contributed by atoms with Gasteiger partial charge in [0.25, 0.3) is 0 Å². The monoisotopic (exact) mass is 227 g/mol. The second kappa shape index (κ2) is 5.00. The summed E-state index contributed by atoms with van der Waals surface area (Å²) in [5.41, 5.74) is 3.53. The van der Waals surface area contributed by atoms with Gasteiger partial charge in [-0.1, -0.05) is 26.0 Å². The number of rotatable bonds is 3. The Labute approximate surface area is 102 Å². The molecule has 0 saturated heterocycles. The van der Waals surface area contributed by atoms with Crippen LogP contribution in [0.1, 0.15) is 25.3 Å². The van der Waals surface area contributed by atoms with Crippen LogP contribution in [-0.2, 0) is 0 Å². The first-order valence-electron chi connectivity index (χ1n) is 5.80. The standard InChI is InChI=1S/C15H17NO/c1-11(2)13-4-5-14(15(10-13)17-3)12-6-8-16-9-7-12/h4-11H,1-3H3. The van der Waals surface area contributed by atoms with E-state index in [1.165, 1.54) is 5.56 Å². The predicted octanol–water partition coefficient (Wildman–Crippen LogP) is 3.88. The van der Waals surface area contributed by atoms with Crippen molar-refractivity contribution < 1.29 is 4.74 Å². The van der Waals surface area contributed by atoms with Gasteiger partial charge in [-0.25, -0.2) is 0 Å². The zero-order chi connectivity index (χ0) is 12.3. The van der Waals surface area contributed by atoms with Crippen LogP contribution in [0.25, 0.3) is 11.1 Å². The van der Waals surface area contributed by atoms with Crippen molar-refractivity contribution in [3.8, 4) is 16.9 Å². The van der Waals surface area contributed by atoms with E-state index in [4.69, 9.17) is 4.74 Å². The molecule has 0 N–H and O–H groups in total. The molecule has 0 amide bonds. The fraction of sp³-hybridized carbons (Fsp3) is 0.267. The lowest BCUT2D eigenvalue weighted by Crippen LogP contribution is -1.92. The molecule has 88 valence electrons. The van der Waals surface area contributed by atoms with Gasteiger partial charge in [-0.15, -0.1) is 0 Å². The van der Waals surface area contributed by atoms with Crippen molar-refractivity contribution in [3.63, 3.8) is 0 Å². The van der Waals surface area contributed by atoms with Crippen LogP contribution in [0.4, 0.5) is 0 Å². The highest BCUT2D eigenvalue weighted by molar-refractivity contribution is 5.70. The van der Waals surface area contributed by atoms with Gasteiger partial charge >= 0.3 is 0 Å². The van der Waals surface area contributed by atoms with Crippen LogP contribution in [0.3, 0.4) is 0 Å². The second-order valence-electron chi connectivity index (χ2n) is 4.35. The molecular weight excluding hydrogens is 210 g/mol. The van der Waals surface area contributed by atoms with Crippen LogP contribution < -0.4 is 4.74 Å². The number of pyridine rings is 1. The number of hydrogen-bond acceptors (Lipinski definition) is 2. The summed E-state index contributed by atoms with van der Waals surface area (Å²) >= 11 is 0. The first-order valence-corrected chi connectivity index (χ1v) is 5.80. The molecule has 2 heteroatoms. The highest BCUT2D eigenvalue weighted by Gasteiger charge is 2.08. The largest absolute Gasteiger partial charge is 0.496 e. The number of nitrogens with zero attached hydrogens (tertiary/aromatic N) is 1. The zero-order valence-electron chi connectivity index (χ0n) is 10.5. The average molecular weight is 227 g/mol. The predicted molar refractivity (Wildman–Crippen MR) is 70.3 cm³/mol. The van der Waals surface area contributed by atoms with Crippen molar-refractivity contribution in [2.75, 3.05) is 7.11 Å². The van der Waals surface area contributed by atoms with E-state index >= 15 is 0 Å². The molecule has 0 bridgehead atoms. The van der Waals surface area contributed by atoms with Gasteiger partial charge in [-0.3, -0.25) is 4.98 Å². The Morgan fingerprint density at radius 3 is 2.35 bits per heavy atom. The van der Waals surface area contributed by atoms with Gasteiger partial charge in [-0.05, 0) is 35.2 Å². The molecule has 2 nitrogen and oxygen atoms in total. The smallest absolute Gasteiger partial charge is 0.126 e. The fourth-order valence-corrected chi connectivity index (χ4v) is 1.84. The number of ether oxygens (including phenoxy) is 1. The van der Waals surface area contributed by atoms with Gasteiger partial charge in [0.1, 0.15) is 5.75 Å². The maximum Gasteiger partial charge on any atom is 0.126 e. The molecular formula is C15H17NO. The first kappa shape index (κ1) is 11.6. The van der Waals surface area contributed by atoms with Crippen LogP contribution in [-0.4, -0.2) is 12.1 Å². The highest BCUT2D eigenvalue weighted by Crippen LogP contribution is 2.32. The van der Waals surface area contributed by atoms with Crippen molar-refractivity contribution in [2.45, 2.75) is 19.8 Å². The highest BCUT2D eigenvalue weighted by atomic mass is 16.5. The van der Waals surface area contributed by atoms with E-state index in [-0.39, 0.29) is 0 Å². The zero-order valence-corrected chi connectivity index (χ0v) is 10.5. The van der Waals surface area contributed by atoms with Crippen LogP contribution in [0.15, 0.2) is 42.7 Å². The fourth-order valence-electron chi connectivity index (χ4n) is 1.84. The molecule has 0 unspecified atom stereocenters. The second-order valence-corrected chi connectivity index (χ2v) is 4.35. The third-order valence-electron chi connectivity index (χ3n) is 2.88. The van der Waals surface area contributed by atoms with E-state index in [1.54, 1.807) is 19.5 Å². The number of methoxy groups -OCH3 is 1. The lowest BCUT2D eigenvalue weighted by Gasteiger charge is -2.12. The molecule has 0 spiro atoms. The van der Waals surface area contributed by atoms with Crippen LogP contribution >= 0.6 is 0 Å². The minimum absolute atomic E-state index is 0.510. The van der Waals surface area contributed by atoms with E-state index < -0.39 is 0 Å². The molecule has 0 aliphatic heterocycles. The van der Waals surface area contributed by atoms with E-state index in [0.717, 1.165) is 16.9 Å². The summed E-state index contributed by atoms with van der Waals surface area (Å²) in [5.74, 6) is 1.43. The Balaban J connectivity index is 2.49. The summed E-state index contributed by atoms with van der Waals surface area (Å²) < 4.78 is 5.47. The Morgan fingerprint density at radius 2 is 1.76 bits per heavy atom. The number of aromatic nitrogens is 1. The summed E-state index contributed by atoms with van der Waals surface area (Å²) in [6.45, 7) is 4.36. The number of benzene rings is 1. The van der Waals surface area contributed by atoms with Gasteiger partial charge in [0, 0.05) is 18.0 Å². The normalized spacial score (nSPS) is 10.6. The SMILES string of the molecule is COc1cc(C(C)C)ccc1-c1ccncc1. The third-order valence-corrected chi connectivity index (χ3v) is 2.88. The van der Waals surface area contributed by atoms with E-state index in [1.807, 2.05) is 12.1 Å². The van der Waals surface area contributed by atoms with Gasteiger partial charge in [-0.2, -0.15) is 0 Å². The summed E-state index contributed by atoms with van der Waals surface area (Å²) in [6.07, 6.45) is 3.59. The van der Waals surface area contributed by atoms with Crippen LogP contribution in [0, 0.1) is 0 Å². The van der Waals surface area contributed by atoms with E-state index in [2.05, 4.69) is 37.0 Å². The molecule has 0 saturated carbocycles. The minimum atomic E-state index is 0.510. The summed E-state index contributed by atoms with van der Waals surface area (Å²) in [4.78, 5) is 4.03. The Kier molecular flexibility index (Phi) is 3.43. The molecule has 0 fully saturated rings. The average Bonchev–Trinajstić information content (AvgIpc) is 2.39. The Bertz CT molecular complexity index is 492. The molecule has 1 heterocycles. The van der Waals surface area contributed by atoms with Crippen molar-refractivity contribution in [1.82, 2.24) is 4.98 Å². The molecule has 1 aromatic heterocycles. The molecule has 0 aliphatic rings. The quantitative estimate of drug-likeness (QED) is 0.793. The molecule has 0 aliphatic carbocycles. The topological polar surface area (TPSA) is 22.1 Å². The molecule has 2 rings (SSSR count). The maximum atomic E-state index is 5.47. The van der Waals surface area contributed by atoms with Crippen molar-refractivity contribution in [3.05, 3.63) is 48.3 Å². The van der Waals surface area contributed by atoms with Gasteiger partial charge in [0.15, 0.2) is 0 Å². The van der Waals surface area contributed by atoms with Crippen molar-refractivity contribution >= 4 is 0 Å².